The van der Waals surface area contributed by atoms with Crippen LogP contribution in [0.25, 0.3) is 0 Å². The SMILES string of the molecule is CCN1C(=O)C(C)(C(=O)Nc2cccc(Cl)c2)Oc2cccnc21. The van der Waals surface area contributed by atoms with Crippen molar-refractivity contribution in [3.8, 4) is 5.75 Å². The van der Waals surface area contributed by atoms with Crippen LogP contribution in [0.15, 0.2) is 42.6 Å². The van der Waals surface area contributed by atoms with Gasteiger partial charge in [-0.1, -0.05) is 17.7 Å². The van der Waals surface area contributed by atoms with Crippen LogP contribution >= 0.6 is 11.6 Å². The summed E-state index contributed by atoms with van der Waals surface area (Å²) in [5.41, 5.74) is -1.20. The number of nitrogens with one attached hydrogen (secondary N) is 1. The number of hydrogen-bond acceptors (Lipinski definition) is 4. The Kier molecular flexibility index (Phi) is 4.15. The highest BCUT2D eigenvalue weighted by atomic mass is 35.5. The number of likely N-dealkylation sites (N-methyl/N-ethyl adjacent to an activating group) is 1. The first-order valence-electron chi connectivity index (χ1n) is 7.48. The average molecular weight is 346 g/mol. The summed E-state index contributed by atoms with van der Waals surface area (Å²) in [4.78, 5) is 31.2. The molecule has 1 aromatic carbocycles. The minimum atomic E-state index is -1.69. The molecule has 1 aliphatic heterocycles. The van der Waals surface area contributed by atoms with Crippen LogP contribution in [0.4, 0.5) is 11.5 Å². The van der Waals surface area contributed by atoms with Crippen molar-refractivity contribution in [2.45, 2.75) is 19.4 Å². The maximum atomic E-state index is 12.8. The number of benzene rings is 1. The van der Waals surface area contributed by atoms with Gasteiger partial charge >= 0.3 is 0 Å². The molecule has 2 aromatic rings. The molecule has 1 atom stereocenters. The van der Waals surface area contributed by atoms with Crippen molar-refractivity contribution in [1.82, 2.24) is 4.98 Å². The molecule has 1 unspecified atom stereocenters. The number of amides is 2. The van der Waals surface area contributed by atoms with E-state index in [1.807, 2.05) is 6.92 Å². The smallest absolute Gasteiger partial charge is 0.282 e. The molecule has 1 aliphatic rings. The lowest BCUT2D eigenvalue weighted by molar-refractivity contribution is -0.145. The maximum Gasteiger partial charge on any atom is 0.282 e. The van der Waals surface area contributed by atoms with Gasteiger partial charge in [-0.25, -0.2) is 4.98 Å². The highest BCUT2D eigenvalue weighted by Crippen LogP contribution is 2.36. The number of carbonyl (C=O) groups is 2. The van der Waals surface area contributed by atoms with E-state index in [9.17, 15) is 9.59 Å². The Balaban J connectivity index is 1.94. The number of aromatic nitrogens is 1. The number of carbonyl (C=O) groups excluding carboxylic acids is 2. The Morgan fingerprint density at radius 3 is 2.88 bits per heavy atom. The average Bonchev–Trinajstić information content (AvgIpc) is 2.56. The molecular weight excluding hydrogens is 330 g/mol. The van der Waals surface area contributed by atoms with E-state index in [1.165, 1.54) is 11.8 Å². The second-order valence-corrected chi connectivity index (χ2v) is 5.91. The molecule has 0 saturated carbocycles. The molecular formula is C17H16ClN3O3. The molecule has 0 fully saturated rings. The number of hydrogen-bond donors (Lipinski definition) is 1. The molecule has 2 heterocycles. The third-order valence-electron chi connectivity index (χ3n) is 3.81. The van der Waals surface area contributed by atoms with Gasteiger partial charge < -0.3 is 10.1 Å². The summed E-state index contributed by atoms with van der Waals surface area (Å²) < 4.78 is 5.73. The van der Waals surface area contributed by atoms with Crippen molar-refractivity contribution >= 4 is 34.9 Å². The number of ether oxygens (including phenoxy) is 1. The fraction of sp³-hybridized carbons (Fsp3) is 0.235. The number of halogens is 1. The van der Waals surface area contributed by atoms with E-state index in [2.05, 4.69) is 10.3 Å². The van der Waals surface area contributed by atoms with Crippen LogP contribution in [0.1, 0.15) is 13.8 Å². The summed E-state index contributed by atoms with van der Waals surface area (Å²) in [6.45, 7) is 3.65. The van der Waals surface area contributed by atoms with Gasteiger partial charge in [0.15, 0.2) is 11.6 Å². The van der Waals surface area contributed by atoms with E-state index in [0.717, 1.165) is 0 Å². The van der Waals surface area contributed by atoms with E-state index in [4.69, 9.17) is 16.3 Å². The molecule has 0 saturated heterocycles. The number of nitrogens with zero attached hydrogens (tertiary/aromatic N) is 2. The second-order valence-electron chi connectivity index (χ2n) is 5.47. The van der Waals surface area contributed by atoms with Gasteiger partial charge in [0.1, 0.15) is 0 Å². The first-order chi connectivity index (χ1) is 11.5. The van der Waals surface area contributed by atoms with Crippen LogP contribution in [0.2, 0.25) is 5.02 Å². The molecule has 3 rings (SSSR count). The minimum Gasteiger partial charge on any atom is -0.464 e. The highest BCUT2D eigenvalue weighted by Gasteiger charge is 2.50. The lowest BCUT2D eigenvalue weighted by atomic mass is 10.0. The Morgan fingerprint density at radius 2 is 2.17 bits per heavy atom. The van der Waals surface area contributed by atoms with Crippen LogP contribution in [0, 0.1) is 0 Å². The van der Waals surface area contributed by atoms with Gasteiger partial charge in [0.25, 0.3) is 17.4 Å². The number of anilines is 2. The van der Waals surface area contributed by atoms with Gasteiger partial charge in [-0.2, -0.15) is 0 Å². The van der Waals surface area contributed by atoms with Crippen LogP contribution in [0.5, 0.6) is 5.75 Å². The van der Waals surface area contributed by atoms with Crippen LogP contribution in [0.3, 0.4) is 0 Å². The Hall–Kier alpha value is -2.60. The third kappa shape index (κ3) is 2.69. The van der Waals surface area contributed by atoms with Gasteiger partial charge in [0.05, 0.1) is 0 Å². The van der Waals surface area contributed by atoms with Gasteiger partial charge in [-0.15, -0.1) is 0 Å². The number of rotatable bonds is 3. The monoisotopic (exact) mass is 345 g/mol. The van der Waals surface area contributed by atoms with Crippen molar-refractivity contribution in [3.05, 3.63) is 47.6 Å². The van der Waals surface area contributed by atoms with Gasteiger partial charge in [-0.05, 0) is 44.2 Å². The Labute approximate surface area is 144 Å². The topological polar surface area (TPSA) is 71.5 Å². The summed E-state index contributed by atoms with van der Waals surface area (Å²) in [6.07, 6.45) is 1.58. The van der Waals surface area contributed by atoms with Crippen molar-refractivity contribution in [3.63, 3.8) is 0 Å². The normalized spacial score (nSPS) is 19.5. The Morgan fingerprint density at radius 1 is 1.38 bits per heavy atom. The first-order valence-corrected chi connectivity index (χ1v) is 7.86. The second kappa shape index (κ2) is 6.13. The maximum absolute atomic E-state index is 12.8. The fourth-order valence-corrected chi connectivity index (χ4v) is 2.73. The van der Waals surface area contributed by atoms with Crippen LogP contribution < -0.4 is 15.0 Å². The number of pyridine rings is 1. The fourth-order valence-electron chi connectivity index (χ4n) is 2.54. The van der Waals surface area contributed by atoms with Gasteiger partial charge in [-0.3, -0.25) is 14.5 Å². The lowest BCUT2D eigenvalue weighted by Crippen LogP contribution is -2.60. The Bertz CT molecular complexity index is 811. The summed E-state index contributed by atoms with van der Waals surface area (Å²) in [7, 11) is 0. The molecule has 2 amide bonds. The van der Waals surface area contributed by atoms with Gasteiger partial charge in [0, 0.05) is 23.5 Å². The zero-order valence-corrected chi connectivity index (χ0v) is 14.0. The molecule has 124 valence electrons. The molecule has 7 heteroatoms. The largest absolute Gasteiger partial charge is 0.464 e. The summed E-state index contributed by atoms with van der Waals surface area (Å²) in [6, 6.07) is 10.1. The molecule has 0 radical (unpaired) electrons. The van der Waals surface area contributed by atoms with Crippen molar-refractivity contribution < 1.29 is 14.3 Å². The van der Waals surface area contributed by atoms with Crippen LogP contribution in [-0.2, 0) is 9.59 Å². The first kappa shape index (κ1) is 16.3. The molecule has 0 aliphatic carbocycles. The summed E-state index contributed by atoms with van der Waals surface area (Å²) >= 11 is 5.92. The summed E-state index contributed by atoms with van der Waals surface area (Å²) in [5, 5.41) is 3.17. The molecule has 1 aromatic heterocycles. The third-order valence-corrected chi connectivity index (χ3v) is 4.04. The predicted octanol–water partition coefficient (Wildman–Crippen LogP) is 2.88. The van der Waals surface area contributed by atoms with Crippen molar-refractivity contribution in [1.29, 1.82) is 0 Å². The van der Waals surface area contributed by atoms with E-state index < -0.39 is 17.4 Å². The van der Waals surface area contributed by atoms with Crippen molar-refractivity contribution in [2.24, 2.45) is 0 Å². The van der Waals surface area contributed by atoms with E-state index >= 15 is 0 Å². The van der Waals surface area contributed by atoms with Gasteiger partial charge in [0.2, 0.25) is 0 Å². The predicted molar refractivity (Wildman–Crippen MR) is 91.4 cm³/mol. The summed E-state index contributed by atoms with van der Waals surface area (Å²) in [5.74, 6) is -0.223. The zero-order chi connectivity index (χ0) is 17.3. The zero-order valence-electron chi connectivity index (χ0n) is 13.2. The van der Waals surface area contributed by atoms with E-state index in [-0.39, 0.29) is 0 Å². The molecule has 1 N–H and O–H groups in total. The quantitative estimate of drug-likeness (QED) is 0.868. The standard InChI is InChI=1S/C17H16ClN3O3/c1-3-21-14-13(8-5-9-19-14)24-17(2,16(21)23)15(22)20-12-7-4-6-11(18)10-12/h4-10H,3H2,1-2H3,(H,20,22). The van der Waals surface area contributed by atoms with E-state index in [1.54, 1.807) is 42.6 Å². The minimum absolute atomic E-state index is 0.381. The van der Waals surface area contributed by atoms with E-state index in [0.29, 0.717) is 28.8 Å². The lowest BCUT2D eigenvalue weighted by Gasteiger charge is -2.38. The van der Waals surface area contributed by atoms with Crippen molar-refractivity contribution in [2.75, 3.05) is 16.8 Å². The molecule has 0 bridgehead atoms. The number of fused-ring (bicyclic) bond motifs is 1. The highest BCUT2D eigenvalue weighted by molar-refractivity contribution is 6.31. The molecule has 0 spiro atoms. The van der Waals surface area contributed by atoms with Crippen LogP contribution in [-0.4, -0.2) is 28.9 Å². The molecule has 6 nitrogen and oxygen atoms in total. The molecule has 24 heavy (non-hydrogen) atoms.